The molecule has 0 spiro atoms. The zero-order chi connectivity index (χ0) is 20.5. The molecule has 0 fully saturated rings. The lowest BCUT2D eigenvalue weighted by molar-refractivity contribution is 0.0531. The summed E-state index contributed by atoms with van der Waals surface area (Å²) < 4.78 is 20.5. The molecule has 0 N–H and O–H groups in total. The van der Waals surface area contributed by atoms with E-state index in [0.29, 0.717) is 28.7 Å². The maximum absolute atomic E-state index is 13.6. The quantitative estimate of drug-likeness (QED) is 0.394. The fraction of sp³-hybridized carbons (Fsp3) is 0.190. The Balaban J connectivity index is 1.72. The molecule has 0 aliphatic rings. The molecule has 8 heteroatoms. The Hall–Kier alpha value is -2.77. The van der Waals surface area contributed by atoms with Gasteiger partial charge in [-0.1, -0.05) is 23.7 Å². The second-order valence-electron chi connectivity index (χ2n) is 6.50. The van der Waals surface area contributed by atoms with Crippen LogP contribution in [0.4, 0.5) is 4.39 Å². The highest BCUT2D eigenvalue weighted by Gasteiger charge is 2.19. The van der Waals surface area contributed by atoms with Crippen molar-refractivity contribution in [1.29, 1.82) is 0 Å². The van der Waals surface area contributed by atoms with Crippen LogP contribution < -0.4 is 0 Å². The van der Waals surface area contributed by atoms with Gasteiger partial charge < -0.3 is 4.74 Å². The average Bonchev–Trinajstić information content (AvgIpc) is 3.23. The molecule has 0 aliphatic heterocycles. The molecule has 0 amide bonds. The monoisotopic (exact) mass is 429 g/mol. The standard InChI is InChI=1S/C21H17ClFN3O2S/c1-3-28-21(27)19-12(2)24-20(29-19)16-5-4-6-18-17(16)11-26(25-18)10-13-7-14(22)9-15(23)8-13/h4-9,11H,3,10H2,1-2H3. The molecule has 0 unspecified atom stereocenters. The molecule has 2 aromatic carbocycles. The third-order valence-electron chi connectivity index (χ3n) is 4.35. The van der Waals surface area contributed by atoms with E-state index < -0.39 is 0 Å². The molecule has 0 aliphatic carbocycles. The Labute approximate surface area is 175 Å². The second-order valence-corrected chi connectivity index (χ2v) is 7.93. The van der Waals surface area contributed by atoms with Gasteiger partial charge in [0, 0.05) is 22.2 Å². The van der Waals surface area contributed by atoms with Gasteiger partial charge in [-0.15, -0.1) is 11.3 Å². The summed E-state index contributed by atoms with van der Waals surface area (Å²) in [6.45, 7) is 4.27. The highest BCUT2D eigenvalue weighted by atomic mass is 35.5. The molecule has 2 aromatic heterocycles. The van der Waals surface area contributed by atoms with Crippen LogP contribution in [0.5, 0.6) is 0 Å². The first-order valence-corrected chi connectivity index (χ1v) is 10.2. The van der Waals surface area contributed by atoms with Gasteiger partial charge in [-0.25, -0.2) is 14.2 Å². The lowest BCUT2D eigenvalue weighted by Gasteiger charge is -2.02. The van der Waals surface area contributed by atoms with Gasteiger partial charge in [0.1, 0.15) is 15.7 Å². The zero-order valence-corrected chi connectivity index (χ0v) is 17.4. The summed E-state index contributed by atoms with van der Waals surface area (Å²) in [7, 11) is 0. The van der Waals surface area contributed by atoms with Crippen LogP contribution in [-0.4, -0.2) is 27.3 Å². The first kappa shape index (κ1) is 19.5. The molecule has 29 heavy (non-hydrogen) atoms. The topological polar surface area (TPSA) is 57.0 Å². The van der Waals surface area contributed by atoms with Gasteiger partial charge in [-0.2, -0.15) is 5.10 Å². The van der Waals surface area contributed by atoms with Crippen LogP contribution in [0.3, 0.4) is 0 Å². The van der Waals surface area contributed by atoms with Crippen molar-refractivity contribution in [1.82, 2.24) is 14.8 Å². The number of hydrogen-bond donors (Lipinski definition) is 0. The molecule has 0 atom stereocenters. The lowest BCUT2D eigenvalue weighted by Crippen LogP contribution is -2.03. The molecule has 5 nitrogen and oxygen atoms in total. The Morgan fingerprint density at radius 1 is 1.31 bits per heavy atom. The molecule has 0 bridgehead atoms. The molecule has 148 valence electrons. The van der Waals surface area contributed by atoms with E-state index in [1.165, 1.54) is 23.5 Å². The maximum Gasteiger partial charge on any atom is 0.350 e. The van der Waals surface area contributed by atoms with E-state index in [0.717, 1.165) is 27.0 Å². The molecule has 0 radical (unpaired) electrons. The van der Waals surface area contributed by atoms with Crippen LogP contribution in [-0.2, 0) is 11.3 Å². The zero-order valence-electron chi connectivity index (χ0n) is 15.8. The minimum Gasteiger partial charge on any atom is -0.462 e. The fourth-order valence-corrected chi connectivity index (χ4v) is 4.39. The molecule has 2 heterocycles. The van der Waals surface area contributed by atoms with Crippen molar-refractivity contribution in [2.75, 3.05) is 6.61 Å². The van der Waals surface area contributed by atoms with Gasteiger partial charge in [0.25, 0.3) is 0 Å². The number of nitrogens with zero attached hydrogens (tertiary/aromatic N) is 3. The van der Waals surface area contributed by atoms with Crippen LogP contribution in [0.1, 0.15) is 27.9 Å². The van der Waals surface area contributed by atoms with Crippen molar-refractivity contribution >= 4 is 39.8 Å². The molecule has 0 saturated carbocycles. The summed E-state index contributed by atoms with van der Waals surface area (Å²) in [4.78, 5) is 17.2. The lowest BCUT2D eigenvalue weighted by atomic mass is 10.1. The normalized spacial score (nSPS) is 11.2. The van der Waals surface area contributed by atoms with Gasteiger partial charge in [-0.3, -0.25) is 4.68 Å². The van der Waals surface area contributed by atoms with E-state index in [1.54, 1.807) is 24.6 Å². The molecular formula is C21H17ClFN3O2S. The number of aryl methyl sites for hydroxylation is 1. The summed E-state index contributed by atoms with van der Waals surface area (Å²) >= 11 is 7.25. The molecule has 0 saturated heterocycles. The second kappa shape index (κ2) is 7.93. The van der Waals surface area contributed by atoms with Gasteiger partial charge in [-0.05, 0) is 43.7 Å². The van der Waals surface area contributed by atoms with Gasteiger partial charge >= 0.3 is 5.97 Å². The highest BCUT2D eigenvalue weighted by Crippen LogP contribution is 2.33. The maximum atomic E-state index is 13.6. The van der Waals surface area contributed by atoms with Crippen molar-refractivity contribution in [3.05, 3.63) is 69.6 Å². The summed E-state index contributed by atoms with van der Waals surface area (Å²) in [5.74, 6) is -0.741. The SMILES string of the molecule is CCOC(=O)c1sc(-c2cccc3nn(Cc4cc(F)cc(Cl)c4)cc23)nc1C. The average molecular weight is 430 g/mol. The minimum absolute atomic E-state index is 0.317. The van der Waals surface area contributed by atoms with Crippen LogP contribution in [0.15, 0.2) is 42.6 Å². The Morgan fingerprint density at radius 3 is 2.90 bits per heavy atom. The summed E-state index contributed by atoms with van der Waals surface area (Å²) in [5, 5.41) is 6.56. The van der Waals surface area contributed by atoms with Gasteiger partial charge in [0.15, 0.2) is 0 Å². The third kappa shape index (κ3) is 4.02. The number of carbonyl (C=O) groups excluding carboxylic acids is 1. The van der Waals surface area contributed by atoms with Crippen molar-refractivity contribution in [3.63, 3.8) is 0 Å². The predicted molar refractivity (Wildman–Crippen MR) is 112 cm³/mol. The highest BCUT2D eigenvalue weighted by molar-refractivity contribution is 7.17. The number of benzene rings is 2. The number of halogens is 2. The van der Waals surface area contributed by atoms with E-state index in [4.69, 9.17) is 16.3 Å². The van der Waals surface area contributed by atoms with E-state index in [-0.39, 0.29) is 11.8 Å². The Morgan fingerprint density at radius 2 is 2.14 bits per heavy atom. The number of ether oxygens (including phenoxy) is 1. The number of esters is 1. The van der Waals surface area contributed by atoms with Crippen LogP contribution >= 0.6 is 22.9 Å². The molecular weight excluding hydrogens is 413 g/mol. The van der Waals surface area contributed by atoms with Crippen LogP contribution in [0.25, 0.3) is 21.5 Å². The number of thiazole rings is 1. The largest absolute Gasteiger partial charge is 0.462 e. The number of fused-ring (bicyclic) bond motifs is 1. The fourth-order valence-electron chi connectivity index (χ4n) is 3.15. The van der Waals surface area contributed by atoms with Crippen molar-refractivity contribution in [3.8, 4) is 10.6 Å². The first-order chi connectivity index (χ1) is 13.9. The number of aromatic nitrogens is 3. The number of carbonyl (C=O) groups is 1. The van der Waals surface area contributed by atoms with Gasteiger partial charge in [0.2, 0.25) is 0 Å². The van der Waals surface area contributed by atoms with Crippen molar-refractivity contribution in [2.45, 2.75) is 20.4 Å². The van der Waals surface area contributed by atoms with E-state index in [9.17, 15) is 9.18 Å². The van der Waals surface area contributed by atoms with Crippen molar-refractivity contribution in [2.24, 2.45) is 0 Å². The van der Waals surface area contributed by atoms with E-state index in [2.05, 4.69) is 10.1 Å². The Bertz CT molecular complexity index is 1200. The molecule has 4 rings (SSSR count). The summed E-state index contributed by atoms with van der Waals surface area (Å²) in [5.41, 5.74) is 3.03. The first-order valence-electron chi connectivity index (χ1n) is 9.00. The number of hydrogen-bond acceptors (Lipinski definition) is 5. The number of rotatable bonds is 5. The van der Waals surface area contributed by atoms with Crippen LogP contribution in [0.2, 0.25) is 5.02 Å². The molecule has 4 aromatic rings. The summed E-state index contributed by atoms with van der Waals surface area (Å²) in [6.07, 6.45) is 1.89. The smallest absolute Gasteiger partial charge is 0.350 e. The summed E-state index contributed by atoms with van der Waals surface area (Å²) in [6, 6.07) is 10.2. The van der Waals surface area contributed by atoms with Crippen molar-refractivity contribution < 1.29 is 13.9 Å². The van der Waals surface area contributed by atoms with Crippen LogP contribution in [0, 0.1) is 12.7 Å². The van der Waals surface area contributed by atoms with E-state index in [1.807, 2.05) is 24.4 Å². The van der Waals surface area contributed by atoms with Gasteiger partial charge in [0.05, 0.1) is 24.4 Å². The Kier molecular flexibility index (Phi) is 5.34. The van der Waals surface area contributed by atoms with E-state index >= 15 is 0 Å². The predicted octanol–water partition coefficient (Wildman–Crippen LogP) is 5.49. The minimum atomic E-state index is -0.380. The third-order valence-corrected chi connectivity index (χ3v) is 5.74.